The second-order valence-corrected chi connectivity index (χ2v) is 18.3. The summed E-state index contributed by atoms with van der Waals surface area (Å²) in [5.74, 6) is 0. The Morgan fingerprint density at radius 3 is 1.36 bits per heavy atom. The molecule has 4 aliphatic heterocycles. The molecule has 0 amide bonds. The van der Waals surface area contributed by atoms with E-state index in [1.807, 2.05) is 0 Å². The lowest BCUT2D eigenvalue weighted by molar-refractivity contribution is 1.25. The molecular formula is C60H36B2N4. The molecule has 0 saturated carbocycles. The van der Waals surface area contributed by atoms with E-state index >= 15 is 0 Å². The summed E-state index contributed by atoms with van der Waals surface area (Å²) in [4.78, 5) is 5.02. The lowest BCUT2D eigenvalue weighted by Gasteiger charge is -2.42. The zero-order valence-corrected chi connectivity index (χ0v) is 35.7. The van der Waals surface area contributed by atoms with Crippen molar-refractivity contribution in [2.75, 3.05) is 9.80 Å². The van der Waals surface area contributed by atoms with Crippen LogP contribution in [0.25, 0.3) is 77.0 Å². The fourth-order valence-corrected chi connectivity index (χ4v) is 12.9. The van der Waals surface area contributed by atoms with Crippen LogP contribution in [0.5, 0.6) is 0 Å². The molecule has 0 radical (unpaired) electrons. The van der Waals surface area contributed by atoms with E-state index in [2.05, 4.69) is 237 Å². The Balaban J connectivity index is 1.15. The number of aromatic nitrogens is 2. The van der Waals surface area contributed by atoms with Crippen LogP contribution in [0.1, 0.15) is 0 Å². The van der Waals surface area contributed by atoms with E-state index < -0.39 is 0 Å². The van der Waals surface area contributed by atoms with Crippen LogP contribution >= 0.6 is 0 Å². The van der Waals surface area contributed by atoms with Crippen LogP contribution in [0.15, 0.2) is 218 Å². The van der Waals surface area contributed by atoms with Crippen molar-refractivity contribution in [1.82, 2.24) is 8.96 Å². The quantitative estimate of drug-likeness (QED) is 0.165. The van der Waals surface area contributed by atoms with Gasteiger partial charge in [0.15, 0.2) is 0 Å². The summed E-state index contributed by atoms with van der Waals surface area (Å²) in [6.45, 7) is -0.105. The van der Waals surface area contributed by atoms with Crippen LogP contribution in [0.4, 0.5) is 34.1 Å². The Morgan fingerprint density at radius 2 is 0.773 bits per heavy atom. The van der Waals surface area contributed by atoms with Crippen LogP contribution in [0.3, 0.4) is 0 Å². The Morgan fingerprint density at radius 1 is 0.318 bits per heavy atom. The minimum Gasteiger partial charge on any atom is -0.375 e. The molecule has 0 unspecified atom stereocenters. The van der Waals surface area contributed by atoms with Crippen LogP contribution in [0.2, 0.25) is 0 Å². The Labute approximate surface area is 382 Å². The standard InChI is InChI=1S/C60H36B2N4/c1-4-19-37(20-5-1)38-35-44-56-54-42-26-11-15-31-48(42)65-59(54)55(43-27-18-34-51-57(43)61(65)45-28-12-16-32-49(45)63(51)39-21-6-2-7-22-39)53-41-25-10-14-30-47(41)66(60(53)56)62-46-29-13-17-33-50(46)64(52(36-38)58(44)62)40-23-8-3-9-24-40/h1-36H. The van der Waals surface area contributed by atoms with Crippen LogP contribution in [-0.2, 0) is 0 Å². The van der Waals surface area contributed by atoms with Gasteiger partial charge in [-0.2, -0.15) is 0 Å². The van der Waals surface area contributed by atoms with Gasteiger partial charge in [0.1, 0.15) is 0 Å². The largest absolute Gasteiger partial charge is 0.375 e. The molecule has 12 aromatic rings. The highest BCUT2D eigenvalue weighted by molar-refractivity contribution is 6.91. The number of benzene rings is 10. The normalized spacial score (nSPS) is 13.6. The van der Waals surface area contributed by atoms with Crippen molar-refractivity contribution in [1.29, 1.82) is 0 Å². The monoisotopic (exact) mass is 834 g/mol. The molecule has 0 N–H and O–H groups in total. The highest BCUT2D eigenvalue weighted by Gasteiger charge is 2.48. The first-order valence-corrected chi connectivity index (χ1v) is 23.1. The number of para-hydroxylation sites is 6. The average Bonchev–Trinajstić information content (AvgIpc) is 3.91. The summed E-state index contributed by atoms with van der Waals surface area (Å²) in [6, 6.07) is 81.7. The first-order chi connectivity index (χ1) is 32.8. The zero-order chi connectivity index (χ0) is 42.8. The third kappa shape index (κ3) is 4.23. The zero-order valence-electron chi connectivity index (χ0n) is 35.7. The molecule has 4 nitrogen and oxygen atoms in total. The molecule has 16 rings (SSSR count). The van der Waals surface area contributed by atoms with Gasteiger partial charge in [0, 0.05) is 88.9 Å². The molecule has 0 atom stereocenters. The molecule has 6 heterocycles. The molecule has 302 valence electrons. The topological polar surface area (TPSA) is 16.3 Å². The lowest BCUT2D eigenvalue weighted by Crippen LogP contribution is -2.57. The molecule has 10 aromatic carbocycles. The third-order valence-electron chi connectivity index (χ3n) is 15.2. The number of anilines is 6. The van der Waals surface area contributed by atoms with Crippen molar-refractivity contribution in [3.63, 3.8) is 0 Å². The van der Waals surface area contributed by atoms with Gasteiger partial charge in [-0.15, -0.1) is 0 Å². The highest BCUT2D eigenvalue weighted by Crippen LogP contribution is 2.56. The maximum absolute atomic E-state index is 2.74. The van der Waals surface area contributed by atoms with Gasteiger partial charge in [-0.1, -0.05) is 152 Å². The molecule has 0 saturated heterocycles. The number of nitrogens with zero attached hydrogens (tertiary/aromatic N) is 4. The van der Waals surface area contributed by atoms with E-state index in [1.165, 1.54) is 127 Å². The second-order valence-electron chi connectivity index (χ2n) is 18.3. The summed E-state index contributed by atoms with van der Waals surface area (Å²) >= 11 is 0. The van der Waals surface area contributed by atoms with Gasteiger partial charge in [0.05, 0.1) is 0 Å². The summed E-state index contributed by atoms with van der Waals surface area (Å²) < 4.78 is 5.48. The first-order valence-electron chi connectivity index (χ1n) is 23.1. The highest BCUT2D eigenvalue weighted by atomic mass is 15.2. The van der Waals surface area contributed by atoms with E-state index in [9.17, 15) is 0 Å². The van der Waals surface area contributed by atoms with Gasteiger partial charge in [-0.05, 0) is 111 Å². The number of fused-ring (bicyclic) bond motifs is 16. The predicted octanol–water partition coefficient (Wildman–Crippen LogP) is 12.4. The Kier molecular flexibility index (Phi) is 6.68. The molecule has 6 heteroatoms. The summed E-state index contributed by atoms with van der Waals surface area (Å²) in [7, 11) is 0. The molecule has 0 spiro atoms. The third-order valence-corrected chi connectivity index (χ3v) is 15.2. The minimum absolute atomic E-state index is 0.0402. The van der Waals surface area contributed by atoms with E-state index in [-0.39, 0.29) is 13.7 Å². The molecule has 4 aliphatic rings. The molecule has 2 aromatic heterocycles. The molecule has 66 heavy (non-hydrogen) atoms. The number of hydrogen-bond donors (Lipinski definition) is 0. The summed E-state index contributed by atoms with van der Waals surface area (Å²) in [5, 5.41) is 5.23. The molecule has 0 bridgehead atoms. The SMILES string of the molecule is c1ccc(-c2cc3c4c(c2)N(c2ccccc2)c2ccccc2B4n2c4ccccc4c4c5c6c(c-3c42)c2ccccc2n6B2c3ccccc3N(c3ccccc3)c3cccc-5c32)cc1. The van der Waals surface area contributed by atoms with E-state index in [0.717, 1.165) is 5.69 Å². The first kappa shape index (κ1) is 34.9. The second kappa shape index (κ2) is 12.6. The molecule has 0 fully saturated rings. The van der Waals surface area contributed by atoms with Crippen LogP contribution in [0, 0.1) is 0 Å². The molecule has 0 aliphatic carbocycles. The van der Waals surface area contributed by atoms with E-state index in [4.69, 9.17) is 0 Å². The van der Waals surface area contributed by atoms with Crippen molar-refractivity contribution < 1.29 is 0 Å². The van der Waals surface area contributed by atoms with E-state index in [1.54, 1.807) is 0 Å². The van der Waals surface area contributed by atoms with Crippen LogP contribution < -0.4 is 31.7 Å². The predicted molar refractivity (Wildman–Crippen MR) is 279 cm³/mol. The van der Waals surface area contributed by atoms with Crippen LogP contribution in [-0.4, -0.2) is 22.7 Å². The fraction of sp³-hybridized carbons (Fsp3) is 0. The average molecular weight is 835 g/mol. The fourth-order valence-electron chi connectivity index (χ4n) is 12.9. The summed E-state index contributed by atoms with van der Waals surface area (Å²) in [6.07, 6.45) is 0. The van der Waals surface area contributed by atoms with Gasteiger partial charge >= 0.3 is 13.7 Å². The molecular weight excluding hydrogens is 798 g/mol. The van der Waals surface area contributed by atoms with Crippen molar-refractivity contribution >= 4 is 113 Å². The summed E-state index contributed by atoms with van der Waals surface area (Å²) in [5.41, 5.74) is 25.4. The smallest absolute Gasteiger partial charge is 0.333 e. The van der Waals surface area contributed by atoms with Gasteiger partial charge in [-0.25, -0.2) is 0 Å². The van der Waals surface area contributed by atoms with Crippen molar-refractivity contribution in [3.05, 3.63) is 218 Å². The van der Waals surface area contributed by atoms with Gasteiger partial charge < -0.3 is 18.8 Å². The Hall–Kier alpha value is -8.47. The van der Waals surface area contributed by atoms with E-state index in [0.29, 0.717) is 0 Å². The maximum Gasteiger partial charge on any atom is 0.333 e. The van der Waals surface area contributed by atoms with Crippen molar-refractivity contribution in [2.45, 2.75) is 0 Å². The van der Waals surface area contributed by atoms with Crippen molar-refractivity contribution in [3.8, 4) is 33.4 Å². The number of hydrogen-bond acceptors (Lipinski definition) is 2. The van der Waals surface area contributed by atoms with Gasteiger partial charge in [0.2, 0.25) is 0 Å². The van der Waals surface area contributed by atoms with Gasteiger partial charge in [0.25, 0.3) is 0 Å². The minimum atomic E-state index is -0.0645. The Bertz CT molecular complexity index is 4070. The lowest BCUT2D eigenvalue weighted by atomic mass is 9.44. The number of rotatable bonds is 3. The van der Waals surface area contributed by atoms with Gasteiger partial charge in [-0.3, -0.25) is 0 Å². The van der Waals surface area contributed by atoms with Crippen molar-refractivity contribution in [2.24, 2.45) is 0 Å². The maximum atomic E-state index is 2.74.